The molecular weight excluding hydrogens is 226 g/mol. The molecular formula is C15H23NO2. The van der Waals surface area contributed by atoms with E-state index in [1.54, 1.807) is 7.11 Å². The molecule has 0 spiro atoms. The molecule has 0 bridgehead atoms. The van der Waals surface area contributed by atoms with Crippen molar-refractivity contribution >= 4 is 6.29 Å². The zero-order valence-electron chi connectivity index (χ0n) is 11.8. The van der Waals surface area contributed by atoms with Gasteiger partial charge in [0.15, 0.2) is 0 Å². The minimum atomic E-state index is 0.0286. The number of methoxy groups -OCH3 is 1. The molecule has 0 saturated heterocycles. The van der Waals surface area contributed by atoms with Gasteiger partial charge in [0.25, 0.3) is 0 Å². The SMILES string of the molecule is COc1ccc(CN(C)C(C)(C)CCC=O)cc1. The van der Waals surface area contributed by atoms with Crippen LogP contribution in [0.1, 0.15) is 32.3 Å². The van der Waals surface area contributed by atoms with Gasteiger partial charge in [0, 0.05) is 18.5 Å². The molecule has 0 aliphatic heterocycles. The Morgan fingerprint density at radius 1 is 1.28 bits per heavy atom. The van der Waals surface area contributed by atoms with E-state index in [1.807, 2.05) is 12.1 Å². The Hall–Kier alpha value is -1.35. The van der Waals surface area contributed by atoms with Crippen LogP contribution in [-0.2, 0) is 11.3 Å². The normalized spacial score (nSPS) is 11.6. The van der Waals surface area contributed by atoms with Crippen LogP contribution < -0.4 is 4.74 Å². The summed E-state index contributed by atoms with van der Waals surface area (Å²) in [5.74, 6) is 0.876. The average molecular weight is 249 g/mol. The maximum atomic E-state index is 10.5. The number of benzene rings is 1. The maximum Gasteiger partial charge on any atom is 0.120 e. The molecule has 3 nitrogen and oxygen atoms in total. The molecule has 0 N–H and O–H groups in total. The van der Waals surface area contributed by atoms with Gasteiger partial charge in [-0.1, -0.05) is 12.1 Å². The first kappa shape index (κ1) is 14.7. The van der Waals surface area contributed by atoms with Crippen molar-refractivity contribution in [2.45, 2.75) is 38.8 Å². The van der Waals surface area contributed by atoms with Crippen LogP contribution >= 0.6 is 0 Å². The molecule has 0 radical (unpaired) electrons. The van der Waals surface area contributed by atoms with E-state index >= 15 is 0 Å². The third-order valence-corrected chi connectivity index (χ3v) is 3.49. The molecule has 0 aliphatic carbocycles. The van der Waals surface area contributed by atoms with Gasteiger partial charge in [-0.2, -0.15) is 0 Å². The molecule has 0 heterocycles. The highest BCUT2D eigenvalue weighted by molar-refractivity contribution is 5.49. The summed E-state index contributed by atoms with van der Waals surface area (Å²) in [6.07, 6.45) is 2.48. The fourth-order valence-corrected chi connectivity index (χ4v) is 1.82. The predicted octanol–water partition coefficient (Wildman–Crippen LogP) is 2.88. The van der Waals surface area contributed by atoms with Gasteiger partial charge in [0.1, 0.15) is 12.0 Å². The number of hydrogen-bond donors (Lipinski definition) is 0. The maximum absolute atomic E-state index is 10.5. The van der Waals surface area contributed by atoms with E-state index in [1.165, 1.54) is 5.56 Å². The van der Waals surface area contributed by atoms with E-state index in [9.17, 15) is 4.79 Å². The van der Waals surface area contributed by atoms with Crippen molar-refractivity contribution in [3.8, 4) is 5.75 Å². The second kappa shape index (κ2) is 6.55. The van der Waals surface area contributed by atoms with Crippen molar-refractivity contribution in [3.63, 3.8) is 0 Å². The molecule has 0 amide bonds. The molecule has 0 fully saturated rings. The fourth-order valence-electron chi connectivity index (χ4n) is 1.82. The van der Waals surface area contributed by atoms with Crippen LogP contribution in [0.2, 0.25) is 0 Å². The smallest absolute Gasteiger partial charge is 0.120 e. The number of aldehydes is 1. The summed E-state index contributed by atoms with van der Waals surface area (Å²) in [6.45, 7) is 5.20. The molecule has 1 rings (SSSR count). The van der Waals surface area contributed by atoms with Gasteiger partial charge in [0.05, 0.1) is 7.11 Å². The summed E-state index contributed by atoms with van der Waals surface area (Å²) in [5.41, 5.74) is 1.28. The van der Waals surface area contributed by atoms with E-state index < -0.39 is 0 Å². The van der Waals surface area contributed by atoms with Crippen molar-refractivity contribution in [2.75, 3.05) is 14.2 Å². The second-order valence-corrected chi connectivity index (χ2v) is 5.22. The van der Waals surface area contributed by atoms with E-state index in [-0.39, 0.29) is 5.54 Å². The molecule has 0 aliphatic rings. The van der Waals surface area contributed by atoms with E-state index in [4.69, 9.17) is 4.74 Å². The largest absolute Gasteiger partial charge is 0.497 e. The zero-order valence-corrected chi connectivity index (χ0v) is 11.8. The Labute approximate surface area is 110 Å². The first-order chi connectivity index (χ1) is 8.49. The molecule has 100 valence electrons. The number of carbonyl (C=O) groups is 1. The summed E-state index contributed by atoms with van der Waals surface area (Å²) in [4.78, 5) is 12.7. The monoisotopic (exact) mass is 249 g/mol. The van der Waals surface area contributed by atoms with Gasteiger partial charge in [-0.3, -0.25) is 4.90 Å². The summed E-state index contributed by atoms with van der Waals surface area (Å²) in [5, 5.41) is 0. The van der Waals surface area contributed by atoms with Crippen LogP contribution in [0.4, 0.5) is 0 Å². The van der Waals surface area contributed by atoms with Gasteiger partial charge in [-0.05, 0) is 45.0 Å². The molecule has 0 aromatic heterocycles. The van der Waals surface area contributed by atoms with E-state index in [0.29, 0.717) is 6.42 Å². The molecule has 0 unspecified atom stereocenters. The van der Waals surface area contributed by atoms with Crippen LogP contribution in [-0.4, -0.2) is 30.9 Å². The Bertz CT molecular complexity index is 371. The van der Waals surface area contributed by atoms with Crippen molar-refractivity contribution in [3.05, 3.63) is 29.8 Å². The standard InChI is InChI=1S/C15H23NO2/c1-15(2,10-5-11-17)16(3)12-13-6-8-14(18-4)9-7-13/h6-9,11H,5,10,12H2,1-4H3. The number of rotatable bonds is 7. The molecule has 0 saturated carbocycles. The topological polar surface area (TPSA) is 29.5 Å². The molecule has 18 heavy (non-hydrogen) atoms. The minimum Gasteiger partial charge on any atom is -0.497 e. The third kappa shape index (κ3) is 4.15. The lowest BCUT2D eigenvalue weighted by molar-refractivity contribution is -0.108. The van der Waals surface area contributed by atoms with Gasteiger partial charge in [-0.25, -0.2) is 0 Å². The quantitative estimate of drug-likeness (QED) is 0.696. The lowest BCUT2D eigenvalue weighted by atomic mass is 9.96. The highest BCUT2D eigenvalue weighted by atomic mass is 16.5. The van der Waals surface area contributed by atoms with Gasteiger partial charge >= 0.3 is 0 Å². The third-order valence-electron chi connectivity index (χ3n) is 3.49. The van der Waals surface area contributed by atoms with Crippen molar-refractivity contribution in [1.82, 2.24) is 4.90 Å². The van der Waals surface area contributed by atoms with Crippen molar-refractivity contribution < 1.29 is 9.53 Å². The molecule has 1 aromatic rings. The Morgan fingerprint density at radius 2 is 1.89 bits per heavy atom. The van der Waals surface area contributed by atoms with E-state index in [0.717, 1.165) is 25.0 Å². The van der Waals surface area contributed by atoms with Crippen LogP contribution in [0.5, 0.6) is 5.75 Å². The Balaban J connectivity index is 2.61. The minimum absolute atomic E-state index is 0.0286. The first-order valence-electron chi connectivity index (χ1n) is 6.27. The molecule has 1 aromatic carbocycles. The summed E-state index contributed by atoms with van der Waals surface area (Å²) in [6, 6.07) is 8.10. The van der Waals surface area contributed by atoms with Crippen molar-refractivity contribution in [2.24, 2.45) is 0 Å². The first-order valence-corrected chi connectivity index (χ1v) is 6.27. The van der Waals surface area contributed by atoms with Crippen LogP contribution in [0.15, 0.2) is 24.3 Å². The summed E-state index contributed by atoms with van der Waals surface area (Å²) < 4.78 is 5.14. The van der Waals surface area contributed by atoms with Crippen molar-refractivity contribution in [1.29, 1.82) is 0 Å². The zero-order chi connectivity index (χ0) is 13.6. The lowest BCUT2D eigenvalue weighted by Gasteiger charge is -2.35. The van der Waals surface area contributed by atoms with Crippen LogP contribution in [0.25, 0.3) is 0 Å². The number of carbonyl (C=O) groups excluding carboxylic acids is 1. The summed E-state index contributed by atoms with van der Waals surface area (Å²) >= 11 is 0. The lowest BCUT2D eigenvalue weighted by Crippen LogP contribution is -2.40. The van der Waals surface area contributed by atoms with Gasteiger partial charge in [0.2, 0.25) is 0 Å². The Kier molecular flexibility index (Phi) is 5.35. The van der Waals surface area contributed by atoms with Gasteiger partial charge < -0.3 is 9.53 Å². The number of ether oxygens (including phenoxy) is 1. The molecule has 3 heteroatoms. The molecule has 0 atom stereocenters. The van der Waals surface area contributed by atoms with Crippen LogP contribution in [0.3, 0.4) is 0 Å². The average Bonchev–Trinajstić information content (AvgIpc) is 2.37. The number of nitrogens with zero attached hydrogens (tertiary/aromatic N) is 1. The number of hydrogen-bond acceptors (Lipinski definition) is 3. The Morgan fingerprint density at radius 3 is 2.39 bits per heavy atom. The summed E-state index contributed by atoms with van der Waals surface area (Å²) in [7, 11) is 3.76. The highest BCUT2D eigenvalue weighted by Gasteiger charge is 2.22. The predicted molar refractivity (Wildman–Crippen MR) is 73.8 cm³/mol. The van der Waals surface area contributed by atoms with E-state index in [2.05, 4.69) is 37.9 Å². The second-order valence-electron chi connectivity index (χ2n) is 5.22. The van der Waals surface area contributed by atoms with Crippen LogP contribution in [0, 0.1) is 0 Å². The van der Waals surface area contributed by atoms with Gasteiger partial charge in [-0.15, -0.1) is 0 Å². The fraction of sp³-hybridized carbons (Fsp3) is 0.533. The highest BCUT2D eigenvalue weighted by Crippen LogP contribution is 2.21.